The fourth-order valence-electron chi connectivity index (χ4n) is 1.78. The molecule has 8 heteroatoms. The van der Waals surface area contributed by atoms with Gasteiger partial charge in [-0.25, -0.2) is 0 Å². The van der Waals surface area contributed by atoms with Crippen LogP contribution in [0.3, 0.4) is 0 Å². The van der Waals surface area contributed by atoms with Crippen LogP contribution in [0.15, 0.2) is 0 Å². The number of hydrogen-bond donors (Lipinski definition) is 1. The summed E-state index contributed by atoms with van der Waals surface area (Å²) in [5.41, 5.74) is 0. The molecule has 1 unspecified atom stereocenters. The Labute approximate surface area is 109 Å². The van der Waals surface area contributed by atoms with Crippen LogP contribution in [0, 0.1) is 0 Å². The molecule has 5 nitrogen and oxygen atoms in total. The fourth-order valence-corrected chi connectivity index (χ4v) is 1.78. The quantitative estimate of drug-likeness (QED) is 0.772. The van der Waals surface area contributed by atoms with Gasteiger partial charge in [-0.1, -0.05) is 0 Å². The van der Waals surface area contributed by atoms with Crippen LogP contribution in [-0.2, 0) is 14.3 Å². The molecule has 0 spiro atoms. The minimum absolute atomic E-state index is 0.159. The maximum Gasteiger partial charge on any atom is 0.411 e. The highest BCUT2D eigenvalue weighted by Crippen LogP contribution is 2.14. The van der Waals surface area contributed by atoms with Crippen LogP contribution in [0.4, 0.5) is 13.2 Å². The SMILES string of the molecule is CC1C(=O)NCCCN1C(=O)CCOCC(F)(F)F. The lowest BCUT2D eigenvalue weighted by Crippen LogP contribution is -2.45. The predicted octanol–water partition coefficient (Wildman–Crippen LogP) is 0.692. The molecule has 0 radical (unpaired) electrons. The molecule has 1 heterocycles. The third-order valence-corrected chi connectivity index (χ3v) is 2.77. The van der Waals surface area contributed by atoms with Gasteiger partial charge in [0.1, 0.15) is 12.6 Å². The van der Waals surface area contributed by atoms with Crippen molar-refractivity contribution in [1.82, 2.24) is 10.2 Å². The van der Waals surface area contributed by atoms with Gasteiger partial charge in [-0.15, -0.1) is 0 Å². The molecule has 1 fully saturated rings. The smallest absolute Gasteiger partial charge is 0.372 e. The van der Waals surface area contributed by atoms with Gasteiger partial charge < -0.3 is 15.0 Å². The van der Waals surface area contributed by atoms with Gasteiger partial charge >= 0.3 is 6.18 Å². The van der Waals surface area contributed by atoms with E-state index in [1.54, 1.807) is 6.92 Å². The lowest BCUT2D eigenvalue weighted by Gasteiger charge is -2.25. The Morgan fingerprint density at radius 2 is 2.21 bits per heavy atom. The number of alkyl halides is 3. The van der Waals surface area contributed by atoms with Gasteiger partial charge in [-0.2, -0.15) is 13.2 Å². The Balaban J connectivity index is 2.37. The molecule has 1 aliphatic heterocycles. The molecular formula is C11H17F3N2O3. The highest BCUT2D eigenvalue weighted by Gasteiger charge is 2.29. The molecule has 0 aromatic heterocycles. The average molecular weight is 282 g/mol. The number of carbonyl (C=O) groups is 2. The second-order valence-corrected chi connectivity index (χ2v) is 4.33. The zero-order chi connectivity index (χ0) is 14.5. The van der Waals surface area contributed by atoms with Gasteiger partial charge in [0, 0.05) is 13.1 Å². The van der Waals surface area contributed by atoms with Crippen LogP contribution in [0.2, 0.25) is 0 Å². The molecule has 0 saturated carbocycles. The van der Waals surface area contributed by atoms with Crippen molar-refractivity contribution in [2.24, 2.45) is 0 Å². The number of halogens is 3. The largest absolute Gasteiger partial charge is 0.411 e. The molecule has 1 saturated heterocycles. The monoisotopic (exact) mass is 282 g/mol. The minimum atomic E-state index is -4.39. The molecule has 19 heavy (non-hydrogen) atoms. The fraction of sp³-hybridized carbons (Fsp3) is 0.818. The van der Waals surface area contributed by atoms with E-state index in [0.717, 1.165) is 0 Å². The molecule has 1 N–H and O–H groups in total. The number of ether oxygens (including phenoxy) is 1. The van der Waals surface area contributed by atoms with Gasteiger partial charge in [-0.05, 0) is 13.3 Å². The van der Waals surface area contributed by atoms with Gasteiger partial charge in [0.05, 0.1) is 13.0 Å². The second-order valence-electron chi connectivity index (χ2n) is 4.33. The molecule has 0 aromatic rings. The van der Waals surface area contributed by atoms with Crippen molar-refractivity contribution in [1.29, 1.82) is 0 Å². The summed E-state index contributed by atoms with van der Waals surface area (Å²) >= 11 is 0. The zero-order valence-electron chi connectivity index (χ0n) is 10.6. The first-order valence-corrected chi connectivity index (χ1v) is 6.03. The number of rotatable bonds is 4. The van der Waals surface area contributed by atoms with Crippen LogP contribution in [0.5, 0.6) is 0 Å². The summed E-state index contributed by atoms with van der Waals surface area (Å²) in [7, 11) is 0. The topological polar surface area (TPSA) is 58.6 Å². The predicted molar refractivity (Wildman–Crippen MR) is 60.3 cm³/mol. The van der Waals surface area contributed by atoms with Crippen molar-refractivity contribution in [2.45, 2.75) is 32.0 Å². The van der Waals surface area contributed by atoms with E-state index in [1.807, 2.05) is 0 Å². The molecule has 2 amide bonds. The van der Waals surface area contributed by atoms with E-state index in [4.69, 9.17) is 0 Å². The van der Waals surface area contributed by atoms with E-state index in [-0.39, 0.29) is 24.8 Å². The van der Waals surface area contributed by atoms with Crippen molar-refractivity contribution in [3.05, 3.63) is 0 Å². The second kappa shape index (κ2) is 6.74. The summed E-state index contributed by atoms with van der Waals surface area (Å²) in [4.78, 5) is 24.7. The lowest BCUT2D eigenvalue weighted by atomic mass is 10.2. The van der Waals surface area contributed by atoms with Gasteiger partial charge in [0.2, 0.25) is 11.8 Å². The van der Waals surface area contributed by atoms with E-state index in [0.29, 0.717) is 19.5 Å². The lowest BCUT2D eigenvalue weighted by molar-refractivity contribution is -0.175. The summed E-state index contributed by atoms with van der Waals surface area (Å²) in [5.74, 6) is -0.617. The van der Waals surface area contributed by atoms with Crippen LogP contribution in [-0.4, -0.2) is 55.2 Å². The maximum absolute atomic E-state index is 11.8. The highest BCUT2D eigenvalue weighted by molar-refractivity contribution is 5.87. The van der Waals surface area contributed by atoms with E-state index in [2.05, 4.69) is 10.1 Å². The van der Waals surface area contributed by atoms with Crippen molar-refractivity contribution in [3.63, 3.8) is 0 Å². The van der Waals surface area contributed by atoms with Crippen molar-refractivity contribution < 1.29 is 27.5 Å². The third kappa shape index (κ3) is 5.46. The Hall–Kier alpha value is -1.31. The average Bonchev–Trinajstić information content (AvgIpc) is 2.47. The molecule has 0 bridgehead atoms. The summed E-state index contributed by atoms with van der Waals surface area (Å²) in [6.07, 6.45) is -3.92. The molecule has 0 aromatic carbocycles. The number of hydrogen-bond acceptors (Lipinski definition) is 3. The number of amides is 2. The molecule has 110 valence electrons. The number of nitrogens with one attached hydrogen (secondary N) is 1. The van der Waals surface area contributed by atoms with Crippen LogP contribution in [0.1, 0.15) is 19.8 Å². The molecular weight excluding hydrogens is 265 g/mol. The number of nitrogens with zero attached hydrogens (tertiary/aromatic N) is 1. The van der Waals surface area contributed by atoms with Crippen molar-refractivity contribution in [2.75, 3.05) is 26.3 Å². The summed E-state index contributed by atoms with van der Waals surface area (Å²) in [6, 6.07) is -0.599. The molecule has 1 rings (SSSR count). The van der Waals surface area contributed by atoms with Crippen LogP contribution < -0.4 is 5.32 Å². The molecule has 1 aliphatic rings. The van der Waals surface area contributed by atoms with Gasteiger partial charge in [0.25, 0.3) is 0 Å². The molecule has 0 aliphatic carbocycles. The van der Waals surface area contributed by atoms with E-state index < -0.39 is 18.8 Å². The Bertz CT molecular complexity index is 334. The van der Waals surface area contributed by atoms with E-state index >= 15 is 0 Å². The van der Waals surface area contributed by atoms with Gasteiger partial charge in [-0.3, -0.25) is 9.59 Å². The van der Waals surface area contributed by atoms with Crippen LogP contribution >= 0.6 is 0 Å². The normalized spacial score (nSPS) is 20.9. The van der Waals surface area contributed by atoms with Crippen molar-refractivity contribution in [3.8, 4) is 0 Å². The van der Waals surface area contributed by atoms with E-state index in [9.17, 15) is 22.8 Å². The maximum atomic E-state index is 11.8. The van der Waals surface area contributed by atoms with E-state index in [1.165, 1.54) is 4.90 Å². The Morgan fingerprint density at radius 3 is 2.84 bits per heavy atom. The van der Waals surface area contributed by atoms with Crippen LogP contribution in [0.25, 0.3) is 0 Å². The summed E-state index contributed by atoms with van der Waals surface area (Å²) in [5, 5.41) is 2.65. The Morgan fingerprint density at radius 1 is 1.53 bits per heavy atom. The standard InChI is InChI=1S/C11H17F3N2O3/c1-8-10(18)15-4-2-5-16(8)9(17)3-6-19-7-11(12,13)14/h8H,2-7H2,1H3,(H,15,18). The molecule has 1 atom stereocenters. The van der Waals surface area contributed by atoms with Gasteiger partial charge in [0.15, 0.2) is 0 Å². The zero-order valence-corrected chi connectivity index (χ0v) is 10.6. The Kier molecular flexibility index (Phi) is 5.59. The highest BCUT2D eigenvalue weighted by atomic mass is 19.4. The summed E-state index contributed by atoms with van der Waals surface area (Å²) < 4.78 is 39.9. The first-order chi connectivity index (χ1) is 8.81. The third-order valence-electron chi connectivity index (χ3n) is 2.77. The summed E-state index contributed by atoms with van der Waals surface area (Å²) in [6.45, 7) is 0.837. The van der Waals surface area contributed by atoms with Crippen molar-refractivity contribution >= 4 is 11.8 Å². The minimum Gasteiger partial charge on any atom is -0.372 e. The first-order valence-electron chi connectivity index (χ1n) is 6.03. The number of carbonyl (C=O) groups excluding carboxylic acids is 2. The first kappa shape index (κ1) is 15.7.